The summed E-state index contributed by atoms with van der Waals surface area (Å²) in [5, 5.41) is 1.07. The number of thiocarbonyl (C=S) groups is 1. The number of carbonyl (C=O) groups excluding carboxylic acids is 1. The molecule has 6 heteroatoms. The zero-order valence-electron chi connectivity index (χ0n) is 11.3. The summed E-state index contributed by atoms with van der Waals surface area (Å²) in [5.74, 6) is 0.200. The van der Waals surface area contributed by atoms with Gasteiger partial charge in [-0.3, -0.25) is 9.69 Å². The number of ether oxygens (including phenoxy) is 1. The Kier molecular flexibility index (Phi) is 3.43. The molecule has 0 unspecified atom stereocenters. The van der Waals surface area contributed by atoms with Gasteiger partial charge in [0.05, 0.1) is 5.69 Å². The van der Waals surface area contributed by atoms with Crippen LogP contribution in [0.1, 0.15) is 13.8 Å². The Balaban J connectivity index is 2.06. The van der Waals surface area contributed by atoms with Gasteiger partial charge in [-0.2, -0.15) is 0 Å². The van der Waals surface area contributed by atoms with Crippen molar-refractivity contribution in [2.24, 2.45) is 0 Å². The smallest absolute Gasteiger partial charge is 0.299 e. The first-order chi connectivity index (χ1) is 9.67. The lowest BCUT2D eigenvalue weighted by Gasteiger charge is -2.18. The number of hydrogen-bond acceptors (Lipinski definition) is 5. The molecule has 20 heavy (non-hydrogen) atoms. The van der Waals surface area contributed by atoms with Crippen molar-refractivity contribution in [2.45, 2.75) is 18.7 Å². The highest BCUT2D eigenvalue weighted by molar-refractivity contribution is 8.03. The van der Waals surface area contributed by atoms with Crippen molar-refractivity contribution in [1.82, 2.24) is 4.90 Å². The Hall–Kier alpha value is -1.53. The molecule has 1 saturated heterocycles. The van der Waals surface area contributed by atoms with Crippen LogP contribution in [0.5, 0.6) is 0 Å². The van der Waals surface area contributed by atoms with E-state index in [-0.39, 0.29) is 11.1 Å². The van der Waals surface area contributed by atoms with E-state index in [2.05, 4.69) is 17.9 Å². The number of para-hydroxylation sites is 1. The van der Waals surface area contributed by atoms with Crippen LogP contribution in [0.3, 0.4) is 0 Å². The number of benzene rings is 1. The molecule has 4 nitrogen and oxygen atoms in total. The average Bonchev–Trinajstić information content (AvgIpc) is 2.95. The lowest BCUT2D eigenvalue weighted by Crippen LogP contribution is -2.28. The molecule has 1 aromatic rings. The van der Waals surface area contributed by atoms with E-state index in [1.165, 1.54) is 4.90 Å². The van der Waals surface area contributed by atoms with E-state index in [1.54, 1.807) is 11.8 Å². The summed E-state index contributed by atoms with van der Waals surface area (Å²) in [4.78, 5) is 17.1. The highest BCUT2D eigenvalue weighted by atomic mass is 32.2. The van der Waals surface area contributed by atoms with Crippen molar-refractivity contribution in [3.05, 3.63) is 35.1 Å². The Morgan fingerprint density at radius 1 is 1.20 bits per heavy atom. The Morgan fingerprint density at radius 2 is 1.90 bits per heavy atom. The molecule has 2 heterocycles. The average molecular weight is 306 g/mol. The van der Waals surface area contributed by atoms with Crippen LogP contribution in [0, 0.1) is 0 Å². The van der Waals surface area contributed by atoms with Crippen LogP contribution in [0.15, 0.2) is 39.9 Å². The predicted molar refractivity (Wildman–Crippen MR) is 83.4 cm³/mol. The summed E-state index contributed by atoms with van der Waals surface area (Å²) in [6.07, 6.45) is 0. The molecule has 2 aliphatic heterocycles. The number of carbonyl (C=O) groups is 1. The third kappa shape index (κ3) is 1.91. The van der Waals surface area contributed by atoms with Gasteiger partial charge in [-0.05, 0) is 38.2 Å². The van der Waals surface area contributed by atoms with E-state index in [9.17, 15) is 4.79 Å². The molecule has 0 N–H and O–H groups in total. The van der Waals surface area contributed by atoms with Crippen molar-refractivity contribution < 1.29 is 9.53 Å². The molecule has 2 aliphatic rings. The minimum absolute atomic E-state index is 0.147. The fourth-order valence-electron chi connectivity index (χ4n) is 2.32. The van der Waals surface area contributed by atoms with Crippen molar-refractivity contribution in [1.29, 1.82) is 0 Å². The number of nitrogens with zero attached hydrogens (tertiary/aromatic N) is 2. The molecule has 0 spiro atoms. The van der Waals surface area contributed by atoms with Crippen molar-refractivity contribution >= 4 is 40.7 Å². The topological polar surface area (TPSA) is 32.8 Å². The van der Waals surface area contributed by atoms with Gasteiger partial charge in [-0.25, -0.2) is 0 Å². The monoisotopic (exact) mass is 306 g/mol. The molecule has 1 amide bonds. The highest BCUT2D eigenvalue weighted by Crippen LogP contribution is 2.47. The van der Waals surface area contributed by atoms with E-state index in [0.29, 0.717) is 12.3 Å². The van der Waals surface area contributed by atoms with Crippen molar-refractivity contribution in [3.63, 3.8) is 0 Å². The Labute approximate surface area is 127 Å². The van der Waals surface area contributed by atoms with Gasteiger partial charge in [0.15, 0.2) is 0 Å². The second-order valence-electron chi connectivity index (χ2n) is 4.37. The van der Waals surface area contributed by atoms with Crippen molar-refractivity contribution in [2.75, 3.05) is 18.0 Å². The summed E-state index contributed by atoms with van der Waals surface area (Å²) >= 11 is 6.67. The maximum atomic E-state index is 12.4. The van der Waals surface area contributed by atoms with E-state index < -0.39 is 0 Å². The fourth-order valence-corrected chi connectivity index (χ4v) is 3.81. The summed E-state index contributed by atoms with van der Waals surface area (Å²) in [6.45, 7) is 5.24. The molecule has 0 saturated carbocycles. The van der Waals surface area contributed by atoms with Gasteiger partial charge in [0, 0.05) is 18.0 Å². The quantitative estimate of drug-likeness (QED) is 0.620. The third-order valence-corrected chi connectivity index (χ3v) is 4.75. The Morgan fingerprint density at radius 3 is 2.55 bits per heavy atom. The van der Waals surface area contributed by atoms with Crippen LogP contribution in [-0.4, -0.2) is 29.1 Å². The molecular weight excluding hydrogens is 292 g/mol. The maximum absolute atomic E-state index is 12.4. The molecule has 104 valence electrons. The van der Waals surface area contributed by atoms with E-state index in [1.807, 2.05) is 25.1 Å². The lowest BCUT2D eigenvalue weighted by molar-refractivity contribution is -0.122. The van der Waals surface area contributed by atoms with Crippen LogP contribution in [0.4, 0.5) is 5.69 Å². The summed E-state index contributed by atoms with van der Waals surface area (Å²) in [7, 11) is 0. The molecule has 3 rings (SSSR count). The molecule has 0 radical (unpaired) electrons. The number of anilines is 1. The molecule has 1 aromatic carbocycles. The number of rotatable bonds is 2. The summed E-state index contributed by atoms with van der Waals surface area (Å²) < 4.78 is 5.55. The van der Waals surface area contributed by atoms with Gasteiger partial charge in [0.25, 0.3) is 11.1 Å². The van der Waals surface area contributed by atoms with Crippen LogP contribution in [-0.2, 0) is 9.53 Å². The first-order valence-electron chi connectivity index (χ1n) is 6.49. The maximum Gasteiger partial charge on any atom is 0.299 e. The van der Waals surface area contributed by atoms with Crippen LogP contribution < -0.4 is 4.90 Å². The SMILES string of the molecule is CCN1C(=O)/C(=C2/Sc3ccccc3N2CC)OC1=S. The highest BCUT2D eigenvalue weighted by Gasteiger charge is 2.39. The van der Waals surface area contributed by atoms with Crippen molar-refractivity contribution in [3.8, 4) is 0 Å². The molecule has 0 aliphatic carbocycles. The number of fused-ring (bicyclic) bond motifs is 1. The van der Waals surface area contributed by atoms with E-state index >= 15 is 0 Å². The largest absolute Gasteiger partial charge is 0.423 e. The molecule has 1 fully saturated rings. The van der Waals surface area contributed by atoms with Gasteiger partial charge in [-0.1, -0.05) is 23.9 Å². The van der Waals surface area contributed by atoms with Crippen LogP contribution in [0.25, 0.3) is 0 Å². The molecule has 0 bridgehead atoms. The van der Waals surface area contributed by atoms with E-state index in [0.717, 1.165) is 22.2 Å². The standard InChI is InChI=1S/C14H14N2O2S2/c1-3-15-9-7-5-6-8-10(9)20-13(15)11-12(17)16(4-2)14(19)18-11/h5-8H,3-4H2,1-2H3/b13-11-. The first kappa shape index (κ1) is 13.5. The van der Waals surface area contributed by atoms with Gasteiger partial charge < -0.3 is 9.64 Å². The number of hydrogen-bond donors (Lipinski definition) is 0. The zero-order chi connectivity index (χ0) is 14.3. The number of amides is 1. The van der Waals surface area contributed by atoms with Crippen LogP contribution >= 0.6 is 24.0 Å². The zero-order valence-corrected chi connectivity index (χ0v) is 12.9. The minimum Gasteiger partial charge on any atom is -0.423 e. The minimum atomic E-state index is -0.147. The predicted octanol–water partition coefficient (Wildman–Crippen LogP) is 2.95. The second kappa shape index (κ2) is 5.10. The number of thioether (sulfide) groups is 1. The first-order valence-corrected chi connectivity index (χ1v) is 7.72. The molecule has 0 aromatic heterocycles. The van der Waals surface area contributed by atoms with Crippen LogP contribution in [0.2, 0.25) is 0 Å². The number of likely N-dealkylation sites (N-methyl/N-ethyl adjacent to an activating group) is 1. The normalized spacial score (nSPS) is 21.5. The van der Waals surface area contributed by atoms with Gasteiger partial charge in [0.1, 0.15) is 5.03 Å². The molecular formula is C14H14N2O2S2. The van der Waals surface area contributed by atoms with Gasteiger partial charge >= 0.3 is 0 Å². The fraction of sp³-hybridized carbons (Fsp3) is 0.286. The lowest BCUT2D eigenvalue weighted by atomic mass is 10.3. The Bertz CT molecular complexity index is 627. The summed E-state index contributed by atoms with van der Waals surface area (Å²) in [5.41, 5.74) is 1.11. The third-order valence-electron chi connectivity index (χ3n) is 3.28. The summed E-state index contributed by atoms with van der Waals surface area (Å²) in [6, 6.07) is 8.09. The second-order valence-corrected chi connectivity index (χ2v) is 5.75. The van der Waals surface area contributed by atoms with Gasteiger partial charge in [0.2, 0.25) is 5.76 Å². The van der Waals surface area contributed by atoms with E-state index in [4.69, 9.17) is 17.0 Å². The molecule has 0 atom stereocenters. The van der Waals surface area contributed by atoms with Gasteiger partial charge in [-0.15, -0.1) is 0 Å².